The SMILES string of the molecule is COc1cc(/C=N/NC(=O)COc2cc(C)cc(C)c2C)ccc1OCCc1ccccc1. The van der Waals surface area contributed by atoms with Gasteiger partial charge in [0.1, 0.15) is 5.75 Å². The van der Waals surface area contributed by atoms with Crippen molar-refractivity contribution in [2.45, 2.75) is 27.2 Å². The maximum atomic E-state index is 12.1. The summed E-state index contributed by atoms with van der Waals surface area (Å²) in [5.74, 6) is 1.63. The van der Waals surface area contributed by atoms with Crippen molar-refractivity contribution in [3.63, 3.8) is 0 Å². The standard InChI is InChI=1S/C27H30N2O4/c1-19-14-20(2)21(3)25(15-19)33-18-27(30)29-28-17-23-10-11-24(26(16-23)31-4)32-13-12-22-8-6-5-7-9-22/h5-11,14-17H,12-13,18H2,1-4H3,(H,29,30)/b28-17+. The molecule has 0 spiro atoms. The predicted octanol–water partition coefficient (Wildman–Crippen LogP) is 4.77. The molecule has 1 amide bonds. The van der Waals surface area contributed by atoms with Crippen LogP contribution in [-0.4, -0.2) is 32.4 Å². The van der Waals surface area contributed by atoms with Crippen LogP contribution in [0.25, 0.3) is 0 Å². The van der Waals surface area contributed by atoms with Gasteiger partial charge in [-0.05, 0) is 72.9 Å². The van der Waals surface area contributed by atoms with E-state index in [1.807, 2.05) is 63.2 Å². The Balaban J connectivity index is 1.50. The van der Waals surface area contributed by atoms with Crippen molar-refractivity contribution < 1.29 is 19.0 Å². The zero-order chi connectivity index (χ0) is 23.6. The predicted molar refractivity (Wildman–Crippen MR) is 131 cm³/mol. The van der Waals surface area contributed by atoms with Gasteiger partial charge in [-0.3, -0.25) is 4.79 Å². The molecule has 0 atom stereocenters. The maximum absolute atomic E-state index is 12.1. The van der Waals surface area contributed by atoms with Gasteiger partial charge in [-0.2, -0.15) is 5.10 Å². The van der Waals surface area contributed by atoms with Crippen molar-refractivity contribution in [2.75, 3.05) is 20.3 Å². The molecule has 0 heterocycles. The number of benzene rings is 3. The first-order valence-electron chi connectivity index (χ1n) is 10.8. The van der Waals surface area contributed by atoms with Crippen LogP contribution >= 0.6 is 0 Å². The van der Waals surface area contributed by atoms with E-state index >= 15 is 0 Å². The lowest BCUT2D eigenvalue weighted by Gasteiger charge is -2.12. The van der Waals surface area contributed by atoms with E-state index in [0.29, 0.717) is 23.9 Å². The van der Waals surface area contributed by atoms with Crippen molar-refractivity contribution in [3.8, 4) is 17.2 Å². The highest BCUT2D eigenvalue weighted by molar-refractivity contribution is 5.83. The minimum absolute atomic E-state index is 0.113. The average Bonchev–Trinajstić information content (AvgIpc) is 2.81. The number of carbonyl (C=O) groups is 1. The van der Waals surface area contributed by atoms with E-state index in [0.717, 1.165) is 28.7 Å². The lowest BCUT2D eigenvalue weighted by atomic mass is 10.1. The summed E-state index contributed by atoms with van der Waals surface area (Å²) in [6.07, 6.45) is 2.36. The van der Waals surface area contributed by atoms with Gasteiger partial charge in [0, 0.05) is 6.42 Å². The molecule has 33 heavy (non-hydrogen) atoms. The molecular formula is C27H30N2O4. The first-order chi connectivity index (χ1) is 16.0. The van der Waals surface area contributed by atoms with Crippen molar-refractivity contribution in [1.82, 2.24) is 5.43 Å². The summed E-state index contributed by atoms with van der Waals surface area (Å²) in [6, 6.07) is 19.7. The zero-order valence-corrected chi connectivity index (χ0v) is 19.6. The molecule has 1 N–H and O–H groups in total. The second-order valence-corrected chi connectivity index (χ2v) is 7.78. The van der Waals surface area contributed by atoms with Crippen molar-refractivity contribution in [1.29, 1.82) is 0 Å². The molecule has 0 saturated heterocycles. The number of hydrogen-bond donors (Lipinski definition) is 1. The largest absolute Gasteiger partial charge is 0.493 e. The number of rotatable bonds is 10. The third kappa shape index (κ3) is 7.10. The van der Waals surface area contributed by atoms with Crippen LogP contribution in [0.4, 0.5) is 0 Å². The molecule has 0 aliphatic carbocycles. The Hall–Kier alpha value is -3.80. The van der Waals surface area contributed by atoms with E-state index in [1.54, 1.807) is 13.3 Å². The van der Waals surface area contributed by atoms with E-state index in [9.17, 15) is 4.79 Å². The van der Waals surface area contributed by atoms with E-state index < -0.39 is 0 Å². The summed E-state index contributed by atoms with van der Waals surface area (Å²) in [7, 11) is 1.59. The quantitative estimate of drug-likeness (QED) is 0.360. The van der Waals surface area contributed by atoms with E-state index in [4.69, 9.17) is 14.2 Å². The number of methoxy groups -OCH3 is 1. The van der Waals surface area contributed by atoms with E-state index in [-0.39, 0.29) is 12.5 Å². The summed E-state index contributed by atoms with van der Waals surface area (Å²) < 4.78 is 17.0. The summed E-state index contributed by atoms with van der Waals surface area (Å²) in [6.45, 7) is 6.43. The lowest BCUT2D eigenvalue weighted by molar-refractivity contribution is -0.123. The van der Waals surface area contributed by atoms with Crippen LogP contribution < -0.4 is 19.6 Å². The average molecular weight is 447 g/mol. The van der Waals surface area contributed by atoms with Crippen molar-refractivity contribution in [2.24, 2.45) is 5.10 Å². The molecule has 0 aliphatic rings. The molecule has 3 aromatic rings. The Bertz CT molecular complexity index is 1110. The Morgan fingerprint density at radius 2 is 1.73 bits per heavy atom. The summed E-state index contributed by atoms with van der Waals surface area (Å²) >= 11 is 0. The molecule has 0 aromatic heterocycles. The van der Waals surface area contributed by atoms with Gasteiger partial charge in [0.05, 0.1) is 19.9 Å². The number of nitrogens with one attached hydrogen (secondary N) is 1. The van der Waals surface area contributed by atoms with Gasteiger partial charge >= 0.3 is 0 Å². The van der Waals surface area contributed by atoms with Gasteiger partial charge in [-0.25, -0.2) is 5.43 Å². The molecule has 6 heteroatoms. The highest BCUT2D eigenvalue weighted by atomic mass is 16.5. The molecule has 0 saturated carbocycles. The lowest BCUT2D eigenvalue weighted by Crippen LogP contribution is -2.24. The van der Waals surface area contributed by atoms with Crippen molar-refractivity contribution >= 4 is 12.1 Å². The van der Waals surface area contributed by atoms with Crippen molar-refractivity contribution in [3.05, 3.63) is 88.5 Å². The number of hydrogen-bond acceptors (Lipinski definition) is 5. The summed E-state index contributed by atoms with van der Waals surface area (Å²) in [4.78, 5) is 12.1. The first kappa shape index (κ1) is 23.9. The van der Waals surface area contributed by atoms with Gasteiger partial charge in [-0.1, -0.05) is 36.4 Å². The number of carbonyl (C=O) groups excluding carboxylic acids is 1. The van der Waals surface area contributed by atoms with Crippen LogP contribution in [0.1, 0.15) is 27.8 Å². The Morgan fingerprint density at radius 3 is 2.48 bits per heavy atom. The molecule has 0 unspecified atom stereocenters. The maximum Gasteiger partial charge on any atom is 0.277 e. The first-order valence-corrected chi connectivity index (χ1v) is 10.8. The number of amides is 1. The van der Waals surface area contributed by atoms with Gasteiger partial charge < -0.3 is 14.2 Å². The topological polar surface area (TPSA) is 69.2 Å². The Morgan fingerprint density at radius 1 is 0.939 bits per heavy atom. The second-order valence-electron chi connectivity index (χ2n) is 7.78. The molecule has 0 fully saturated rings. The van der Waals surface area contributed by atoms with Crippen LogP contribution in [-0.2, 0) is 11.2 Å². The third-order valence-corrected chi connectivity index (χ3v) is 5.20. The summed E-state index contributed by atoms with van der Waals surface area (Å²) in [5.41, 5.74) is 7.72. The smallest absolute Gasteiger partial charge is 0.277 e. The number of aryl methyl sites for hydroxylation is 2. The fourth-order valence-electron chi connectivity index (χ4n) is 3.31. The molecule has 172 valence electrons. The second kappa shape index (κ2) is 11.7. The highest BCUT2D eigenvalue weighted by Gasteiger charge is 2.08. The molecule has 0 bridgehead atoms. The van der Waals surface area contributed by atoms with Crippen LogP contribution in [0.5, 0.6) is 17.2 Å². The number of hydrazone groups is 1. The van der Waals surface area contributed by atoms with E-state index in [2.05, 4.69) is 28.7 Å². The highest BCUT2D eigenvalue weighted by Crippen LogP contribution is 2.27. The molecular weight excluding hydrogens is 416 g/mol. The van der Waals surface area contributed by atoms with Crippen LogP contribution in [0, 0.1) is 20.8 Å². The summed E-state index contributed by atoms with van der Waals surface area (Å²) in [5, 5.41) is 4.02. The van der Waals surface area contributed by atoms with Crippen LogP contribution in [0.2, 0.25) is 0 Å². The van der Waals surface area contributed by atoms with Gasteiger partial charge in [0.25, 0.3) is 5.91 Å². The van der Waals surface area contributed by atoms with Gasteiger partial charge in [0.2, 0.25) is 0 Å². The molecule has 0 aliphatic heterocycles. The minimum Gasteiger partial charge on any atom is -0.493 e. The normalized spacial score (nSPS) is 10.8. The third-order valence-electron chi connectivity index (χ3n) is 5.20. The number of nitrogens with zero attached hydrogens (tertiary/aromatic N) is 1. The number of ether oxygens (including phenoxy) is 3. The zero-order valence-electron chi connectivity index (χ0n) is 19.6. The molecule has 3 rings (SSSR count). The molecule has 0 radical (unpaired) electrons. The monoisotopic (exact) mass is 446 g/mol. The van der Waals surface area contributed by atoms with Crippen LogP contribution in [0.3, 0.4) is 0 Å². The Kier molecular flexibility index (Phi) is 8.47. The van der Waals surface area contributed by atoms with Gasteiger partial charge in [-0.15, -0.1) is 0 Å². The van der Waals surface area contributed by atoms with Crippen LogP contribution in [0.15, 0.2) is 65.8 Å². The minimum atomic E-state index is -0.336. The Labute approximate surface area is 195 Å². The fraction of sp³-hybridized carbons (Fsp3) is 0.259. The van der Waals surface area contributed by atoms with E-state index in [1.165, 1.54) is 5.56 Å². The van der Waals surface area contributed by atoms with Gasteiger partial charge in [0.15, 0.2) is 18.1 Å². The fourth-order valence-corrected chi connectivity index (χ4v) is 3.31. The molecule has 6 nitrogen and oxygen atoms in total. The molecule has 3 aromatic carbocycles.